The van der Waals surface area contributed by atoms with E-state index in [-0.39, 0.29) is 5.25 Å². The highest BCUT2D eigenvalue weighted by molar-refractivity contribution is 8.00. The van der Waals surface area contributed by atoms with Crippen molar-refractivity contribution in [3.05, 3.63) is 30.3 Å². The fourth-order valence-electron chi connectivity index (χ4n) is 1.22. The molecule has 1 atom stereocenters. The second-order valence-corrected chi connectivity index (χ2v) is 4.95. The molecule has 0 unspecified atom stereocenters. The lowest BCUT2D eigenvalue weighted by Crippen LogP contribution is -2.03. The molecular formula is C12H15NS. The maximum absolute atomic E-state index is 8.97. The second kappa shape index (κ2) is 5.72. The van der Waals surface area contributed by atoms with E-state index in [1.54, 1.807) is 11.8 Å². The van der Waals surface area contributed by atoms with E-state index in [2.05, 4.69) is 32.0 Å². The van der Waals surface area contributed by atoms with E-state index in [0.717, 1.165) is 6.42 Å². The molecule has 0 spiro atoms. The zero-order chi connectivity index (χ0) is 10.4. The summed E-state index contributed by atoms with van der Waals surface area (Å²) in [5.41, 5.74) is 0. The van der Waals surface area contributed by atoms with Crippen molar-refractivity contribution in [2.45, 2.75) is 30.4 Å². The van der Waals surface area contributed by atoms with Gasteiger partial charge in [0.25, 0.3) is 0 Å². The van der Waals surface area contributed by atoms with Gasteiger partial charge in [-0.3, -0.25) is 0 Å². The molecule has 1 aromatic rings. The predicted octanol–water partition coefficient (Wildman–Crippen LogP) is 3.72. The molecule has 74 valence electrons. The summed E-state index contributed by atoms with van der Waals surface area (Å²) >= 11 is 1.66. The van der Waals surface area contributed by atoms with Crippen molar-refractivity contribution < 1.29 is 0 Å². The molecule has 0 saturated carbocycles. The third kappa shape index (κ3) is 3.85. The van der Waals surface area contributed by atoms with Crippen LogP contribution < -0.4 is 0 Å². The predicted molar refractivity (Wildman–Crippen MR) is 61.2 cm³/mol. The normalized spacial score (nSPS) is 12.4. The van der Waals surface area contributed by atoms with Gasteiger partial charge in [0.15, 0.2) is 0 Å². The number of benzene rings is 1. The summed E-state index contributed by atoms with van der Waals surface area (Å²) < 4.78 is 0. The first-order chi connectivity index (χ1) is 6.72. The quantitative estimate of drug-likeness (QED) is 0.699. The van der Waals surface area contributed by atoms with Gasteiger partial charge in [-0.1, -0.05) is 32.0 Å². The fourth-order valence-corrected chi connectivity index (χ4v) is 2.40. The number of rotatable bonds is 4. The van der Waals surface area contributed by atoms with Crippen molar-refractivity contribution in [2.24, 2.45) is 5.92 Å². The zero-order valence-corrected chi connectivity index (χ0v) is 9.42. The second-order valence-electron chi connectivity index (χ2n) is 3.68. The molecule has 0 amide bonds. The van der Waals surface area contributed by atoms with Crippen LogP contribution in [0.1, 0.15) is 20.3 Å². The average Bonchev–Trinajstić information content (AvgIpc) is 2.17. The summed E-state index contributed by atoms with van der Waals surface area (Å²) in [6, 6.07) is 12.5. The Morgan fingerprint density at radius 3 is 2.43 bits per heavy atom. The third-order valence-electron chi connectivity index (χ3n) is 1.85. The summed E-state index contributed by atoms with van der Waals surface area (Å²) in [7, 11) is 0. The van der Waals surface area contributed by atoms with Crippen LogP contribution in [0.5, 0.6) is 0 Å². The molecule has 1 aromatic carbocycles. The molecule has 0 saturated heterocycles. The highest BCUT2D eigenvalue weighted by atomic mass is 32.2. The molecule has 2 heteroatoms. The highest BCUT2D eigenvalue weighted by Crippen LogP contribution is 2.26. The van der Waals surface area contributed by atoms with Gasteiger partial charge in [-0.15, -0.1) is 11.8 Å². The molecule has 0 heterocycles. The molecule has 0 bridgehead atoms. The van der Waals surface area contributed by atoms with Gasteiger partial charge >= 0.3 is 0 Å². The molecule has 0 radical (unpaired) electrons. The number of thioether (sulfide) groups is 1. The molecule has 1 rings (SSSR count). The molecule has 14 heavy (non-hydrogen) atoms. The largest absolute Gasteiger partial charge is 0.197 e. The Bertz CT molecular complexity index is 300. The van der Waals surface area contributed by atoms with E-state index in [4.69, 9.17) is 5.26 Å². The maximum atomic E-state index is 8.97. The summed E-state index contributed by atoms with van der Waals surface area (Å²) in [6.07, 6.45) is 0.954. The van der Waals surface area contributed by atoms with Gasteiger partial charge in [-0.05, 0) is 24.5 Å². The lowest BCUT2D eigenvalue weighted by molar-refractivity contribution is 0.605. The van der Waals surface area contributed by atoms with Crippen LogP contribution in [0.4, 0.5) is 0 Å². The molecular weight excluding hydrogens is 190 g/mol. The van der Waals surface area contributed by atoms with Crippen LogP contribution in [0.15, 0.2) is 35.2 Å². The standard InChI is InChI=1S/C12H15NS/c1-10(2)8-12(9-13)14-11-6-4-3-5-7-11/h3-7,10,12H,8H2,1-2H3/t12-/m0/s1. The van der Waals surface area contributed by atoms with Gasteiger partial charge in [0, 0.05) is 4.90 Å². The van der Waals surface area contributed by atoms with Gasteiger partial charge in [0.1, 0.15) is 0 Å². The minimum absolute atomic E-state index is 0.0809. The van der Waals surface area contributed by atoms with Crippen LogP contribution in [0, 0.1) is 17.2 Å². The number of hydrogen-bond acceptors (Lipinski definition) is 2. The highest BCUT2D eigenvalue weighted by Gasteiger charge is 2.10. The van der Waals surface area contributed by atoms with Crippen molar-refractivity contribution >= 4 is 11.8 Å². The Hall–Kier alpha value is -0.940. The monoisotopic (exact) mass is 205 g/mol. The van der Waals surface area contributed by atoms with Gasteiger partial charge in [-0.2, -0.15) is 5.26 Å². The number of nitrogens with zero attached hydrogens (tertiary/aromatic N) is 1. The van der Waals surface area contributed by atoms with Crippen molar-refractivity contribution in [3.63, 3.8) is 0 Å². The molecule has 0 aliphatic carbocycles. The number of nitriles is 1. The van der Waals surface area contributed by atoms with E-state index >= 15 is 0 Å². The van der Waals surface area contributed by atoms with Gasteiger partial charge in [0.2, 0.25) is 0 Å². The van der Waals surface area contributed by atoms with Gasteiger partial charge in [0.05, 0.1) is 11.3 Å². The van der Waals surface area contributed by atoms with Crippen molar-refractivity contribution in [1.82, 2.24) is 0 Å². The Labute approximate surface area is 90.1 Å². The SMILES string of the molecule is CC(C)C[C@@H](C#N)Sc1ccccc1. The topological polar surface area (TPSA) is 23.8 Å². The summed E-state index contributed by atoms with van der Waals surface area (Å²) in [5, 5.41) is 9.05. The molecule has 0 N–H and O–H groups in total. The zero-order valence-electron chi connectivity index (χ0n) is 8.60. The van der Waals surface area contributed by atoms with Gasteiger partial charge in [-0.25, -0.2) is 0 Å². The molecule has 0 aliphatic rings. The van der Waals surface area contributed by atoms with E-state index in [1.807, 2.05) is 18.2 Å². The first kappa shape index (κ1) is 11.1. The van der Waals surface area contributed by atoms with Crippen LogP contribution in [-0.2, 0) is 0 Å². The van der Waals surface area contributed by atoms with Crippen LogP contribution in [0.3, 0.4) is 0 Å². The van der Waals surface area contributed by atoms with Crippen molar-refractivity contribution in [3.8, 4) is 6.07 Å². The van der Waals surface area contributed by atoms with E-state index in [9.17, 15) is 0 Å². The Balaban J connectivity index is 2.54. The first-order valence-corrected chi connectivity index (χ1v) is 5.71. The van der Waals surface area contributed by atoms with Gasteiger partial charge < -0.3 is 0 Å². The molecule has 0 aromatic heterocycles. The molecule has 0 aliphatic heterocycles. The minimum atomic E-state index is 0.0809. The summed E-state index contributed by atoms with van der Waals surface area (Å²) in [6.45, 7) is 4.30. The summed E-state index contributed by atoms with van der Waals surface area (Å²) in [5.74, 6) is 0.580. The van der Waals surface area contributed by atoms with Crippen molar-refractivity contribution in [1.29, 1.82) is 5.26 Å². The van der Waals surface area contributed by atoms with Crippen LogP contribution in [0.2, 0.25) is 0 Å². The van der Waals surface area contributed by atoms with E-state index in [1.165, 1.54) is 4.90 Å². The fraction of sp³-hybridized carbons (Fsp3) is 0.417. The van der Waals surface area contributed by atoms with E-state index in [0.29, 0.717) is 5.92 Å². The minimum Gasteiger partial charge on any atom is -0.197 e. The smallest absolute Gasteiger partial charge is 0.0966 e. The average molecular weight is 205 g/mol. The Kier molecular flexibility index (Phi) is 4.55. The van der Waals surface area contributed by atoms with Crippen LogP contribution >= 0.6 is 11.8 Å². The molecule has 1 nitrogen and oxygen atoms in total. The summed E-state index contributed by atoms with van der Waals surface area (Å²) in [4.78, 5) is 1.18. The lowest BCUT2D eigenvalue weighted by Gasteiger charge is -2.10. The Morgan fingerprint density at radius 2 is 1.93 bits per heavy atom. The first-order valence-electron chi connectivity index (χ1n) is 4.83. The maximum Gasteiger partial charge on any atom is 0.0966 e. The van der Waals surface area contributed by atoms with Crippen LogP contribution in [-0.4, -0.2) is 5.25 Å². The number of hydrogen-bond donors (Lipinski definition) is 0. The third-order valence-corrected chi connectivity index (χ3v) is 2.98. The van der Waals surface area contributed by atoms with Crippen molar-refractivity contribution in [2.75, 3.05) is 0 Å². The Morgan fingerprint density at radius 1 is 1.29 bits per heavy atom. The van der Waals surface area contributed by atoms with Crippen LogP contribution in [0.25, 0.3) is 0 Å². The lowest BCUT2D eigenvalue weighted by atomic mass is 10.1. The van der Waals surface area contributed by atoms with E-state index < -0.39 is 0 Å². The molecule has 0 fully saturated rings.